The van der Waals surface area contributed by atoms with E-state index >= 15 is 0 Å². The lowest BCUT2D eigenvalue weighted by Gasteiger charge is -2.33. The third-order valence-corrected chi connectivity index (χ3v) is 3.72. The summed E-state index contributed by atoms with van der Waals surface area (Å²) in [4.78, 5) is 1.35. The molecule has 2 rings (SSSR count). The second-order valence-electron chi connectivity index (χ2n) is 5.51. The van der Waals surface area contributed by atoms with Crippen molar-refractivity contribution in [2.24, 2.45) is 0 Å². The van der Waals surface area contributed by atoms with Crippen molar-refractivity contribution < 1.29 is 19.5 Å². The molecule has 1 fully saturated rings. The summed E-state index contributed by atoms with van der Waals surface area (Å²) >= 11 is 6.01. The molecule has 1 aromatic carbocycles. The maximum Gasteiger partial charge on any atom is 0.138 e. The van der Waals surface area contributed by atoms with E-state index in [4.69, 9.17) is 21.1 Å². The van der Waals surface area contributed by atoms with Gasteiger partial charge in [-0.15, -0.1) is 0 Å². The molecule has 3 atom stereocenters. The molecule has 5 heteroatoms. The molecule has 1 saturated heterocycles. The molecule has 0 amide bonds. The van der Waals surface area contributed by atoms with E-state index in [1.165, 1.54) is 4.90 Å². The van der Waals surface area contributed by atoms with Crippen molar-refractivity contribution in [2.75, 3.05) is 26.2 Å². The highest BCUT2D eigenvalue weighted by Crippen LogP contribution is 2.22. The Labute approximate surface area is 125 Å². The summed E-state index contributed by atoms with van der Waals surface area (Å²) in [6.45, 7) is 6.92. The maximum atomic E-state index is 10.1. The van der Waals surface area contributed by atoms with Crippen molar-refractivity contribution in [2.45, 2.75) is 32.2 Å². The van der Waals surface area contributed by atoms with Gasteiger partial charge in [-0.25, -0.2) is 0 Å². The van der Waals surface area contributed by atoms with Crippen LogP contribution in [0.4, 0.5) is 0 Å². The second-order valence-corrected chi connectivity index (χ2v) is 5.92. The number of para-hydroxylation sites is 1. The van der Waals surface area contributed by atoms with E-state index in [9.17, 15) is 5.11 Å². The van der Waals surface area contributed by atoms with Crippen molar-refractivity contribution in [3.63, 3.8) is 0 Å². The number of hydrogen-bond donors (Lipinski definition) is 2. The van der Waals surface area contributed by atoms with Gasteiger partial charge in [0.1, 0.15) is 50.3 Å². The molecule has 1 aliphatic rings. The first-order valence-corrected chi connectivity index (χ1v) is 7.47. The number of halogens is 1. The molecule has 1 aromatic rings. The second kappa shape index (κ2) is 7.27. The van der Waals surface area contributed by atoms with Crippen LogP contribution in [0.25, 0.3) is 0 Å². The fourth-order valence-corrected chi connectivity index (χ4v) is 2.89. The first-order valence-electron chi connectivity index (χ1n) is 7.09. The van der Waals surface area contributed by atoms with Crippen molar-refractivity contribution >= 4 is 11.6 Å². The molecule has 0 unspecified atom stereocenters. The molecular weight excluding hydrogens is 278 g/mol. The SMILES string of the molecule is C[C@@H]1C[NH+](C[C@H](O)COc2ccccc2Cl)C[C@@H](C)O1. The molecule has 20 heavy (non-hydrogen) atoms. The predicted octanol–water partition coefficient (Wildman–Crippen LogP) is 0.772. The van der Waals surface area contributed by atoms with Crippen LogP contribution >= 0.6 is 11.6 Å². The monoisotopic (exact) mass is 300 g/mol. The van der Waals surface area contributed by atoms with Crippen LogP contribution in [0.15, 0.2) is 24.3 Å². The first kappa shape index (κ1) is 15.6. The summed E-state index contributed by atoms with van der Waals surface area (Å²) in [7, 11) is 0. The zero-order valence-electron chi connectivity index (χ0n) is 12.0. The first-order chi connectivity index (χ1) is 9.54. The molecule has 1 heterocycles. The Morgan fingerprint density at radius 2 is 2.00 bits per heavy atom. The van der Waals surface area contributed by atoms with E-state index < -0.39 is 6.10 Å². The Kier molecular flexibility index (Phi) is 5.66. The zero-order valence-corrected chi connectivity index (χ0v) is 12.8. The van der Waals surface area contributed by atoms with Crippen molar-refractivity contribution in [1.82, 2.24) is 0 Å². The van der Waals surface area contributed by atoms with Crippen LogP contribution in [-0.2, 0) is 4.74 Å². The van der Waals surface area contributed by atoms with E-state index in [1.54, 1.807) is 12.1 Å². The summed E-state index contributed by atoms with van der Waals surface area (Å²) in [6, 6.07) is 7.30. The van der Waals surface area contributed by atoms with Gasteiger partial charge in [0.25, 0.3) is 0 Å². The number of ether oxygens (including phenoxy) is 2. The van der Waals surface area contributed by atoms with Gasteiger partial charge in [0, 0.05) is 0 Å². The Hall–Kier alpha value is -0.810. The summed E-state index contributed by atoms with van der Waals surface area (Å²) in [5, 5.41) is 10.7. The third kappa shape index (κ3) is 4.63. The number of nitrogens with one attached hydrogen (secondary N) is 1. The van der Waals surface area contributed by atoms with E-state index in [1.807, 2.05) is 12.1 Å². The average molecular weight is 301 g/mol. The van der Waals surface area contributed by atoms with Crippen LogP contribution in [0, 0.1) is 0 Å². The molecule has 0 bridgehead atoms. The number of morpholine rings is 1. The van der Waals surface area contributed by atoms with E-state index in [0.717, 1.165) is 13.1 Å². The normalized spacial score (nSPS) is 28.1. The average Bonchev–Trinajstić information content (AvgIpc) is 2.36. The number of hydrogen-bond acceptors (Lipinski definition) is 3. The van der Waals surface area contributed by atoms with Gasteiger partial charge in [0.15, 0.2) is 0 Å². The fourth-order valence-electron chi connectivity index (χ4n) is 2.70. The van der Waals surface area contributed by atoms with Crippen LogP contribution in [-0.4, -0.2) is 49.7 Å². The molecule has 2 N–H and O–H groups in total. The molecule has 0 saturated carbocycles. The van der Waals surface area contributed by atoms with Crippen molar-refractivity contribution in [3.8, 4) is 5.75 Å². The molecule has 1 aliphatic heterocycles. The largest absolute Gasteiger partial charge is 0.489 e. The lowest BCUT2D eigenvalue weighted by molar-refractivity contribution is -0.918. The number of quaternary nitrogens is 1. The van der Waals surface area contributed by atoms with Crippen molar-refractivity contribution in [1.29, 1.82) is 0 Å². The Bertz CT molecular complexity index is 419. The number of aliphatic hydroxyl groups is 1. The van der Waals surface area contributed by atoms with Crippen LogP contribution < -0.4 is 9.64 Å². The van der Waals surface area contributed by atoms with Gasteiger partial charge in [0.05, 0.1) is 5.02 Å². The number of benzene rings is 1. The molecule has 0 aliphatic carbocycles. The molecule has 0 spiro atoms. The van der Waals surface area contributed by atoms with E-state index in [-0.39, 0.29) is 18.8 Å². The van der Waals surface area contributed by atoms with Gasteiger partial charge in [-0.3, -0.25) is 0 Å². The van der Waals surface area contributed by atoms with Crippen LogP contribution in [0.2, 0.25) is 5.02 Å². The summed E-state index contributed by atoms with van der Waals surface area (Å²) < 4.78 is 11.3. The lowest BCUT2D eigenvalue weighted by atomic mass is 10.2. The highest BCUT2D eigenvalue weighted by Gasteiger charge is 2.27. The highest BCUT2D eigenvalue weighted by atomic mass is 35.5. The predicted molar refractivity (Wildman–Crippen MR) is 78.5 cm³/mol. The van der Waals surface area contributed by atoms with E-state index in [2.05, 4.69) is 13.8 Å². The minimum atomic E-state index is -0.501. The van der Waals surface area contributed by atoms with Gasteiger partial charge in [-0.05, 0) is 26.0 Å². The number of aliphatic hydroxyl groups excluding tert-OH is 1. The molecule has 112 valence electrons. The molecule has 0 aromatic heterocycles. The van der Waals surface area contributed by atoms with Gasteiger partial charge < -0.3 is 19.5 Å². The maximum absolute atomic E-state index is 10.1. The van der Waals surface area contributed by atoms with Gasteiger partial charge in [-0.2, -0.15) is 0 Å². The molecular formula is C15H23ClNO3+. The smallest absolute Gasteiger partial charge is 0.138 e. The minimum absolute atomic E-state index is 0.241. The van der Waals surface area contributed by atoms with Gasteiger partial charge in [-0.1, -0.05) is 23.7 Å². The van der Waals surface area contributed by atoms with E-state index in [0.29, 0.717) is 17.3 Å². The minimum Gasteiger partial charge on any atom is -0.489 e. The van der Waals surface area contributed by atoms with Crippen LogP contribution in [0.3, 0.4) is 0 Å². The zero-order chi connectivity index (χ0) is 14.5. The molecule has 0 radical (unpaired) electrons. The topological polar surface area (TPSA) is 43.1 Å². The lowest BCUT2D eigenvalue weighted by Crippen LogP contribution is -3.16. The van der Waals surface area contributed by atoms with Gasteiger partial charge in [0.2, 0.25) is 0 Å². The van der Waals surface area contributed by atoms with Crippen LogP contribution in [0.1, 0.15) is 13.8 Å². The summed E-state index contributed by atoms with van der Waals surface area (Å²) in [5.41, 5.74) is 0. The highest BCUT2D eigenvalue weighted by molar-refractivity contribution is 6.32. The number of rotatable bonds is 5. The summed E-state index contributed by atoms with van der Waals surface area (Å²) in [5.74, 6) is 0.618. The Balaban J connectivity index is 1.78. The third-order valence-electron chi connectivity index (χ3n) is 3.41. The standard InChI is InChI=1S/C15H22ClNO3/c1-11-7-17(8-12(2)20-11)9-13(18)10-19-15-6-4-3-5-14(15)16/h3-6,11-13,18H,7-10H2,1-2H3/p+1/t11-,12-,13+/m1/s1. The van der Waals surface area contributed by atoms with Crippen LogP contribution in [0.5, 0.6) is 5.75 Å². The fraction of sp³-hybridized carbons (Fsp3) is 0.600. The molecule has 4 nitrogen and oxygen atoms in total. The van der Waals surface area contributed by atoms with Crippen molar-refractivity contribution in [3.05, 3.63) is 29.3 Å². The Morgan fingerprint density at radius 3 is 2.65 bits per heavy atom. The summed E-state index contributed by atoms with van der Waals surface area (Å²) in [6.07, 6.45) is -0.0188. The van der Waals surface area contributed by atoms with Gasteiger partial charge >= 0.3 is 0 Å². The Morgan fingerprint density at radius 1 is 1.35 bits per heavy atom. The quantitative estimate of drug-likeness (QED) is 0.844.